The molecule has 1 aliphatic carbocycles. The minimum atomic E-state index is 0.780. The fourth-order valence-electron chi connectivity index (χ4n) is 2.73. The predicted molar refractivity (Wildman–Crippen MR) is 79.4 cm³/mol. The fourth-order valence-corrected chi connectivity index (χ4v) is 2.73. The maximum Gasteiger partial charge on any atom is -0.00741 e. The third-order valence-corrected chi connectivity index (χ3v) is 3.83. The van der Waals surface area contributed by atoms with E-state index < -0.39 is 0 Å². The van der Waals surface area contributed by atoms with E-state index in [4.69, 9.17) is 5.73 Å². The zero-order valence-corrected chi connectivity index (χ0v) is 11.3. The first-order chi connectivity index (χ1) is 8.88. The normalized spacial score (nSPS) is 17.4. The maximum atomic E-state index is 5.56. The first-order valence-electron chi connectivity index (χ1n) is 7.36. The molecule has 18 heavy (non-hydrogen) atoms. The third-order valence-electron chi connectivity index (χ3n) is 3.83. The van der Waals surface area contributed by atoms with Crippen molar-refractivity contribution >= 4 is 6.08 Å². The molecule has 2 N–H and O–H groups in total. The summed E-state index contributed by atoms with van der Waals surface area (Å²) in [6.07, 6.45) is 13.9. The Morgan fingerprint density at radius 2 is 2.00 bits per heavy atom. The zero-order valence-electron chi connectivity index (χ0n) is 11.3. The van der Waals surface area contributed by atoms with Crippen LogP contribution in [0, 0.1) is 5.92 Å². The molecule has 2 rings (SSSR count). The minimum Gasteiger partial charge on any atom is -0.330 e. The lowest BCUT2D eigenvalue weighted by molar-refractivity contribution is 0.420. The van der Waals surface area contributed by atoms with Crippen molar-refractivity contribution in [2.45, 2.75) is 44.9 Å². The molecule has 0 aromatic heterocycles. The Kier molecular flexibility index (Phi) is 5.47. The van der Waals surface area contributed by atoms with Gasteiger partial charge in [-0.3, -0.25) is 0 Å². The molecule has 0 radical (unpaired) electrons. The van der Waals surface area contributed by atoms with E-state index in [9.17, 15) is 0 Å². The van der Waals surface area contributed by atoms with E-state index in [1.54, 1.807) is 0 Å². The Labute approximate surface area is 111 Å². The summed E-state index contributed by atoms with van der Waals surface area (Å²) in [6, 6.07) is 8.86. The van der Waals surface area contributed by atoms with Crippen LogP contribution in [0.15, 0.2) is 30.3 Å². The molecule has 1 heteroatoms. The number of rotatable bonds is 5. The molecule has 0 saturated heterocycles. The second kappa shape index (κ2) is 7.38. The summed E-state index contributed by atoms with van der Waals surface area (Å²) in [5.74, 6) is 0.812. The first-order valence-corrected chi connectivity index (χ1v) is 7.36. The Bertz CT molecular complexity index is 375. The Morgan fingerprint density at radius 1 is 1.17 bits per heavy atom. The maximum absolute atomic E-state index is 5.56. The van der Waals surface area contributed by atoms with Gasteiger partial charge in [0.1, 0.15) is 0 Å². The number of aryl methyl sites for hydroxylation is 1. The Balaban J connectivity index is 1.93. The van der Waals surface area contributed by atoms with Crippen LogP contribution in [-0.2, 0) is 6.42 Å². The molecule has 98 valence electrons. The molecule has 0 unspecified atom stereocenters. The van der Waals surface area contributed by atoms with Gasteiger partial charge in [0.2, 0.25) is 0 Å². The highest BCUT2D eigenvalue weighted by atomic mass is 14.5. The summed E-state index contributed by atoms with van der Waals surface area (Å²) in [7, 11) is 0. The highest BCUT2D eigenvalue weighted by molar-refractivity contribution is 5.50. The summed E-state index contributed by atoms with van der Waals surface area (Å²) < 4.78 is 0. The van der Waals surface area contributed by atoms with Crippen LogP contribution < -0.4 is 5.73 Å². The largest absolute Gasteiger partial charge is 0.330 e. The van der Waals surface area contributed by atoms with Crippen LogP contribution in [0.4, 0.5) is 0 Å². The third kappa shape index (κ3) is 4.30. The van der Waals surface area contributed by atoms with Crippen molar-refractivity contribution in [3.05, 3.63) is 41.5 Å². The lowest BCUT2D eigenvalue weighted by Crippen LogP contribution is -2.02. The van der Waals surface area contributed by atoms with E-state index >= 15 is 0 Å². The number of hydrogen-bond acceptors (Lipinski definition) is 1. The van der Waals surface area contributed by atoms with Crippen molar-refractivity contribution in [3.8, 4) is 0 Å². The first kappa shape index (κ1) is 13.4. The van der Waals surface area contributed by atoms with Gasteiger partial charge in [-0.05, 0) is 49.3 Å². The predicted octanol–water partition coefficient (Wildman–Crippen LogP) is 4.17. The molecule has 0 atom stereocenters. The van der Waals surface area contributed by atoms with Gasteiger partial charge in [0, 0.05) is 0 Å². The van der Waals surface area contributed by atoms with Crippen LogP contribution in [0.1, 0.15) is 49.7 Å². The smallest absolute Gasteiger partial charge is 0.00741 e. The zero-order chi connectivity index (χ0) is 12.6. The second-order valence-electron chi connectivity index (χ2n) is 5.39. The Morgan fingerprint density at radius 3 is 2.78 bits per heavy atom. The van der Waals surface area contributed by atoms with Gasteiger partial charge in [0.15, 0.2) is 0 Å². The summed E-state index contributed by atoms with van der Waals surface area (Å²) in [5, 5.41) is 0. The van der Waals surface area contributed by atoms with E-state index in [1.807, 2.05) is 0 Å². The summed E-state index contributed by atoms with van der Waals surface area (Å²) >= 11 is 0. The van der Waals surface area contributed by atoms with Crippen LogP contribution in [0.25, 0.3) is 6.08 Å². The molecule has 0 heterocycles. The lowest BCUT2D eigenvalue weighted by Gasteiger charge is -2.17. The molecule has 1 nitrogen and oxygen atoms in total. The van der Waals surface area contributed by atoms with E-state index in [-0.39, 0.29) is 0 Å². The monoisotopic (exact) mass is 243 g/mol. The topological polar surface area (TPSA) is 26.0 Å². The summed E-state index contributed by atoms with van der Waals surface area (Å²) in [6.45, 7) is 0.780. The van der Waals surface area contributed by atoms with Gasteiger partial charge >= 0.3 is 0 Å². The molecule has 1 aliphatic rings. The molecular weight excluding hydrogens is 218 g/mol. The van der Waals surface area contributed by atoms with Gasteiger partial charge in [-0.15, -0.1) is 0 Å². The van der Waals surface area contributed by atoms with E-state index in [1.165, 1.54) is 43.2 Å². The average molecular weight is 243 g/mol. The van der Waals surface area contributed by atoms with Crippen LogP contribution >= 0.6 is 0 Å². The van der Waals surface area contributed by atoms with Crippen molar-refractivity contribution in [1.82, 2.24) is 0 Å². The average Bonchev–Trinajstić information content (AvgIpc) is 2.44. The van der Waals surface area contributed by atoms with Crippen molar-refractivity contribution < 1.29 is 0 Å². The van der Waals surface area contributed by atoms with Gasteiger partial charge in [0.05, 0.1) is 0 Å². The van der Waals surface area contributed by atoms with Crippen molar-refractivity contribution in [2.24, 2.45) is 11.7 Å². The van der Waals surface area contributed by atoms with Gasteiger partial charge in [-0.2, -0.15) is 0 Å². The van der Waals surface area contributed by atoms with Gasteiger partial charge in [0.25, 0.3) is 0 Å². The molecule has 1 saturated carbocycles. The highest BCUT2D eigenvalue weighted by Crippen LogP contribution is 2.25. The number of hydrogen-bond donors (Lipinski definition) is 1. The van der Waals surface area contributed by atoms with Gasteiger partial charge in [-0.25, -0.2) is 0 Å². The number of allylic oxidation sites excluding steroid dienone is 1. The van der Waals surface area contributed by atoms with Crippen LogP contribution in [0.2, 0.25) is 0 Å². The Hall–Kier alpha value is -1.08. The van der Waals surface area contributed by atoms with Crippen molar-refractivity contribution in [3.63, 3.8) is 0 Å². The van der Waals surface area contributed by atoms with E-state index in [2.05, 4.69) is 36.4 Å². The van der Waals surface area contributed by atoms with Crippen LogP contribution in [-0.4, -0.2) is 6.54 Å². The standard InChI is InChI=1S/C17H25N/c18-13-5-10-16-8-4-9-17(14-16)12-11-15-6-2-1-3-7-15/h4,8-9,11-12,14-15H,1-3,5-7,10,13,18H2. The summed E-state index contributed by atoms with van der Waals surface area (Å²) in [4.78, 5) is 0. The second-order valence-corrected chi connectivity index (χ2v) is 5.39. The molecule has 1 aromatic rings. The van der Waals surface area contributed by atoms with Crippen LogP contribution in [0.5, 0.6) is 0 Å². The van der Waals surface area contributed by atoms with Gasteiger partial charge in [-0.1, -0.05) is 55.7 Å². The molecule has 0 amide bonds. The fraction of sp³-hybridized carbons (Fsp3) is 0.529. The van der Waals surface area contributed by atoms with E-state index in [0.29, 0.717) is 0 Å². The quantitative estimate of drug-likeness (QED) is 0.825. The molecule has 0 aliphatic heterocycles. The minimum absolute atomic E-state index is 0.780. The lowest BCUT2D eigenvalue weighted by atomic mass is 9.88. The number of benzene rings is 1. The molecule has 1 fully saturated rings. The molecular formula is C17H25N. The van der Waals surface area contributed by atoms with Crippen molar-refractivity contribution in [2.75, 3.05) is 6.54 Å². The van der Waals surface area contributed by atoms with E-state index in [0.717, 1.165) is 25.3 Å². The van der Waals surface area contributed by atoms with Crippen molar-refractivity contribution in [1.29, 1.82) is 0 Å². The summed E-state index contributed by atoms with van der Waals surface area (Å²) in [5.41, 5.74) is 8.31. The molecule has 0 spiro atoms. The SMILES string of the molecule is NCCCc1cccc(C=CC2CCCCC2)c1. The highest BCUT2D eigenvalue weighted by Gasteiger charge is 2.09. The van der Waals surface area contributed by atoms with Gasteiger partial charge < -0.3 is 5.73 Å². The number of nitrogens with two attached hydrogens (primary N) is 1. The molecule has 0 bridgehead atoms. The molecule has 1 aromatic carbocycles. The van der Waals surface area contributed by atoms with Crippen LogP contribution in [0.3, 0.4) is 0 Å².